The Morgan fingerprint density at radius 3 is 2.30 bits per heavy atom. The second-order valence-electron chi connectivity index (χ2n) is 8.18. The van der Waals surface area contributed by atoms with Gasteiger partial charge in [0.05, 0.1) is 5.60 Å². The Labute approximate surface area is 130 Å². The van der Waals surface area contributed by atoms with Gasteiger partial charge in [0.2, 0.25) is 0 Å². The van der Waals surface area contributed by atoms with Crippen LogP contribution in [0.15, 0.2) is 0 Å². The predicted octanol–water partition coefficient (Wildman–Crippen LogP) is 3.86. The zero-order valence-corrected chi connectivity index (χ0v) is 14.3. The van der Waals surface area contributed by atoms with Crippen molar-refractivity contribution >= 4 is 12.4 Å². The molecule has 118 valence electrons. The third-order valence-electron chi connectivity index (χ3n) is 7.31. The summed E-state index contributed by atoms with van der Waals surface area (Å²) in [6, 6.07) is 0. The smallest absolute Gasteiger partial charge is 0.0709 e. The molecule has 0 aromatic rings. The highest BCUT2D eigenvalue weighted by atomic mass is 35.5. The first kappa shape index (κ1) is 16.6. The standard InChI is InChI=1S/C17H31NO.ClH/c1-15(2)14-7-9-16(15,3)17(19,13-14)8-6-12-18-10-4-5-11-18;/h14,19H,4-13H2,1-3H3;1H. The Balaban J connectivity index is 0.00000147. The van der Waals surface area contributed by atoms with Gasteiger partial charge in [-0.3, -0.25) is 0 Å². The number of nitrogens with zero attached hydrogens (tertiary/aromatic N) is 1. The van der Waals surface area contributed by atoms with Gasteiger partial charge in [0.15, 0.2) is 0 Å². The summed E-state index contributed by atoms with van der Waals surface area (Å²) in [6.45, 7) is 10.9. The van der Waals surface area contributed by atoms with Crippen molar-refractivity contribution in [1.29, 1.82) is 0 Å². The summed E-state index contributed by atoms with van der Waals surface area (Å²) < 4.78 is 0. The molecule has 2 saturated carbocycles. The molecule has 3 atom stereocenters. The summed E-state index contributed by atoms with van der Waals surface area (Å²) in [5, 5.41) is 11.2. The average molecular weight is 302 g/mol. The summed E-state index contributed by atoms with van der Waals surface area (Å²) in [5.74, 6) is 0.745. The number of halogens is 1. The van der Waals surface area contributed by atoms with Crippen LogP contribution in [0.3, 0.4) is 0 Å². The third-order valence-corrected chi connectivity index (χ3v) is 7.31. The van der Waals surface area contributed by atoms with Crippen LogP contribution in [0, 0.1) is 16.7 Å². The van der Waals surface area contributed by atoms with Crippen LogP contribution in [0.5, 0.6) is 0 Å². The molecule has 2 nitrogen and oxygen atoms in total. The van der Waals surface area contributed by atoms with Crippen LogP contribution < -0.4 is 0 Å². The molecule has 2 bridgehead atoms. The van der Waals surface area contributed by atoms with E-state index in [1.165, 1.54) is 51.7 Å². The zero-order chi connectivity index (χ0) is 13.7. The molecule has 1 saturated heterocycles. The maximum absolute atomic E-state index is 11.2. The largest absolute Gasteiger partial charge is 0.389 e. The van der Waals surface area contributed by atoms with Crippen LogP contribution in [-0.2, 0) is 0 Å². The monoisotopic (exact) mass is 301 g/mol. The molecule has 20 heavy (non-hydrogen) atoms. The van der Waals surface area contributed by atoms with E-state index in [0.717, 1.165) is 18.8 Å². The molecule has 0 aromatic heterocycles. The van der Waals surface area contributed by atoms with Gasteiger partial charge in [0.1, 0.15) is 0 Å². The fourth-order valence-corrected chi connectivity index (χ4v) is 5.40. The number of hydrogen-bond donors (Lipinski definition) is 1. The van der Waals surface area contributed by atoms with Crippen LogP contribution in [0.1, 0.15) is 65.7 Å². The van der Waals surface area contributed by atoms with Crippen LogP contribution in [-0.4, -0.2) is 35.2 Å². The van der Waals surface area contributed by atoms with E-state index in [4.69, 9.17) is 0 Å². The number of hydrogen-bond acceptors (Lipinski definition) is 2. The van der Waals surface area contributed by atoms with Crippen molar-refractivity contribution in [2.24, 2.45) is 16.7 Å². The number of aliphatic hydroxyl groups is 1. The summed E-state index contributed by atoms with van der Waals surface area (Å²) in [6.07, 6.45) is 8.54. The highest BCUT2D eigenvalue weighted by Gasteiger charge is 2.67. The van der Waals surface area contributed by atoms with Gasteiger partial charge < -0.3 is 10.0 Å². The molecule has 0 amide bonds. The van der Waals surface area contributed by atoms with E-state index in [2.05, 4.69) is 25.7 Å². The van der Waals surface area contributed by atoms with Crippen molar-refractivity contribution in [3.63, 3.8) is 0 Å². The Morgan fingerprint density at radius 1 is 1.15 bits per heavy atom. The van der Waals surface area contributed by atoms with Crippen LogP contribution in [0.4, 0.5) is 0 Å². The maximum atomic E-state index is 11.2. The van der Waals surface area contributed by atoms with E-state index in [1.54, 1.807) is 0 Å². The van der Waals surface area contributed by atoms with Crippen molar-refractivity contribution in [2.45, 2.75) is 71.3 Å². The summed E-state index contributed by atoms with van der Waals surface area (Å²) in [4.78, 5) is 2.57. The minimum atomic E-state index is -0.390. The molecular weight excluding hydrogens is 270 g/mol. The van der Waals surface area contributed by atoms with Gasteiger partial charge in [0, 0.05) is 5.41 Å². The lowest BCUT2D eigenvalue weighted by Crippen LogP contribution is -2.47. The first-order valence-electron chi connectivity index (χ1n) is 8.34. The molecule has 1 aliphatic heterocycles. The average Bonchev–Trinajstić information content (AvgIpc) is 2.95. The zero-order valence-electron chi connectivity index (χ0n) is 13.5. The summed E-state index contributed by atoms with van der Waals surface area (Å²) >= 11 is 0. The van der Waals surface area contributed by atoms with Crippen molar-refractivity contribution < 1.29 is 5.11 Å². The molecule has 0 aromatic carbocycles. The van der Waals surface area contributed by atoms with Crippen molar-refractivity contribution in [3.8, 4) is 0 Å². The number of likely N-dealkylation sites (tertiary alicyclic amines) is 1. The molecule has 3 unspecified atom stereocenters. The third kappa shape index (κ3) is 2.23. The van der Waals surface area contributed by atoms with Gasteiger partial charge >= 0.3 is 0 Å². The van der Waals surface area contributed by atoms with Crippen LogP contribution in [0.2, 0.25) is 0 Å². The lowest BCUT2D eigenvalue weighted by molar-refractivity contribution is -0.0964. The number of fused-ring (bicyclic) bond motifs is 2. The minimum Gasteiger partial charge on any atom is -0.389 e. The van der Waals surface area contributed by atoms with E-state index in [0.29, 0.717) is 5.41 Å². The first-order valence-corrected chi connectivity index (χ1v) is 8.34. The Kier molecular flexibility index (Phi) is 4.51. The van der Waals surface area contributed by atoms with Crippen molar-refractivity contribution in [3.05, 3.63) is 0 Å². The van der Waals surface area contributed by atoms with Gasteiger partial charge in [-0.05, 0) is 75.9 Å². The molecular formula is C17H32ClNO. The molecule has 3 fully saturated rings. The minimum absolute atomic E-state index is 0. The van der Waals surface area contributed by atoms with Gasteiger partial charge in [0.25, 0.3) is 0 Å². The molecule has 1 heterocycles. The normalized spacial score (nSPS) is 42.9. The van der Waals surface area contributed by atoms with E-state index >= 15 is 0 Å². The molecule has 2 aliphatic carbocycles. The highest BCUT2D eigenvalue weighted by Crippen LogP contribution is 2.70. The lowest BCUT2D eigenvalue weighted by atomic mass is 9.63. The fraction of sp³-hybridized carbons (Fsp3) is 1.00. The van der Waals surface area contributed by atoms with Crippen LogP contribution in [0.25, 0.3) is 0 Å². The first-order chi connectivity index (χ1) is 8.89. The second-order valence-corrected chi connectivity index (χ2v) is 8.18. The molecule has 3 rings (SSSR count). The summed E-state index contributed by atoms with van der Waals surface area (Å²) in [7, 11) is 0. The lowest BCUT2D eigenvalue weighted by Gasteiger charge is -2.45. The van der Waals surface area contributed by atoms with Crippen molar-refractivity contribution in [2.75, 3.05) is 19.6 Å². The van der Waals surface area contributed by atoms with Gasteiger partial charge in [-0.15, -0.1) is 12.4 Å². The molecule has 0 spiro atoms. The van der Waals surface area contributed by atoms with E-state index < -0.39 is 0 Å². The Bertz CT molecular complexity index is 353. The molecule has 1 N–H and O–H groups in total. The highest BCUT2D eigenvalue weighted by molar-refractivity contribution is 5.85. The molecule has 3 aliphatic rings. The van der Waals surface area contributed by atoms with E-state index in [1.807, 2.05) is 0 Å². The van der Waals surface area contributed by atoms with E-state index in [-0.39, 0.29) is 23.4 Å². The Morgan fingerprint density at radius 2 is 1.80 bits per heavy atom. The fourth-order valence-electron chi connectivity index (χ4n) is 5.40. The maximum Gasteiger partial charge on any atom is 0.0709 e. The van der Waals surface area contributed by atoms with Gasteiger partial charge in [-0.25, -0.2) is 0 Å². The van der Waals surface area contributed by atoms with Gasteiger partial charge in [-0.1, -0.05) is 20.8 Å². The number of rotatable bonds is 4. The topological polar surface area (TPSA) is 23.5 Å². The second kappa shape index (κ2) is 5.44. The van der Waals surface area contributed by atoms with Gasteiger partial charge in [-0.2, -0.15) is 0 Å². The van der Waals surface area contributed by atoms with Crippen LogP contribution >= 0.6 is 12.4 Å². The molecule has 3 heteroatoms. The SMILES string of the molecule is CC1(C)C2CCC1(C)C(O)(CCCN1CCCC1)C2.Cl. The molecule has 0 radical (unpaired) electrons. The van der Waals surface area contributed by atoms with Crippen molar-refractivity contribution in [1.82, 2.24) is 4.90 Å². The van der Waals surface area contributed by atoms with E-state index in [9.17, 15) is 5.11 Å². The quantitative estimate of drug-likeness (QED) is 0.852. The predicted molar refractivity (Wildman–Crippen MR) is 86.3 cm³/mol. The summed E-state index contributed by atoms with van der Waals surface area (Å²) in [5.41, 5.74) is 0.0875. The Hall–Kier alpha value is 0.210.